The van der Waals surface area contributed by atoms with Crippen molar-refractivity contribution in [3.05, 3.63) is 53.9 Å². The van der Waals surface area contributed by atoms with E-state index in [1.165, 1.54) is 22.7 Å². The highest BCUT2D eigenvalue weighted by Crippen LogP contribution is 2.43. The van der Waals surface area contributed by atoms with E-state index in [-0.39, 0.29) is 0 Å². The smallest absolute Gasteiger partial charge is 0.203 e. The van der Waals surface area contributed by atoms with Gasteiger partial charge in [-0.1, -0.05) is 46.8 Å². The van der Waals surface area contributed by atoms with Crippen LogP contribution in [0.15, 0.2) is 58.4 Å². The zero-order chi connectivity index (χ0) is 24.4. The molecule has 0 aliphatic rings. The highest BCUT2D eigenvalue weighted by atomic mass is 32.1. The molecule has 0 radical (unpaired) electrons. The quantitative estimate of drug-likeness (QED) is 0.263. The zero-order valence-corrected chi connectivity index (χ0v) is 20.7. The van der Waals surface area contributed by atoms with Gasteiger partial charge in [-0.05, 0) is 0 Å². The fourth-order valence-corrected chi connectivity index (χ4v) is 5.26. The molecule has 0 spiro atoms. The van der Waals surface area contributed by atoms with E-state index in [1.807, 2.05) is 41.8 Å². The monoisotopic (exact) mass is 507 g/mol. The Kier molecular flexibility index (Phi) is 6.25. The molecule has 0 bridgehead atoms. The van der Waals surface area contributed by atoms with E-state index in [4.69, 9.17) is 29.5 Å². The Labute approximate surface area is 209 Å². The molecule has 5 rings (SSSR count). The number of methoxy groups -OCH3 is 3. The fourth-order valence-electron chi connectivity index (χ4n) is 3.45. The SMILES string of the molecule is COc1cc(Nc2nc(N)c(-c3nc(-c4cc(-c5ccccc5)no4)cs3)s2)cc(OC)c1OC. The minimum absolute atomic E-state index is 0.383. The summed E-state index contributed by atoms with van der Waals surface area (Å²) in [6.45, 7) is 0. The van der Waals surface area contributed by atoms with Crippen LogP contribution in [0.1, 0.15) is 0 Å². The molecular formula is C24H21N5O4S2. The van der Waals surface area contributed by atoms with Crippen LogP contribution in [-0.4, -0.2) is 36.5 Å². The van der Waals surface area contributed by atoms with Crippen LogP contribution in [-0.2, 0) is 0 Å². The van der Waals surface area contributed by atoms with Gasteiger partial charge in [-0.25, -0.2) is 9.97 Å². The van der Waals surface area contributed by atoms with Gasteiger partial charge in [0, 0.05) is 34.8 Å². The predicted molar refractivity (Wildman–Crippen MR) is 138 cm³/mol. The molecule has 3 heterocycles. The van der Waals surface area contributed by atoms with E-state index in [9.17, 15) is 0 Å². The van der Waals surface area contributed by atoms with E-state index < -0.39 is 0 Å². The minimum Gasteiger partial charge on any atom is -0.493 e. The largest absolute Gasteiger partial charge is 0.493 e. The maximum absolute atomic E-state index is 6.23. The molecule has 2 aromatic carbocycles. The number of nitrogens with one attached hydrogen (secondary N) is 1. The lowest BCUT2D eigenvalue weighted by Crippen LogP contribution is -1.97. The number of hydrogen-bond donors (Lipinski definition) is 2. The summed E-state index contributed by atoms with van der Waals surface area (Å²) in [5, 5.41) is 10.7. The van der Waals surface area contributed by atoms with Gasteiger partial charge < -0.3 is 29.8 Å². The third kappa shape index (κ3) is 4.51. The lowest BCUT2D eigenvalue weighted by atomic mass is 10.1. The van der Waals surface area contributed by atoms with Gasteiger partial charge in [0.1, 0.15) is 27.1 Å². The fraction of sp³-hybridized carbons (Fsp3) is 0.125. The van der Waals surface area contributed by atoms with Gasteiger partial charge in [-0.2, -0.15) is 0 Å². The highest BCUT2D eigenvalue weighted by Gasteiger charge is 2.19. The molecule has 0 unspecified atom stereocenters. The molecule has 0 saturated heterocycles. The summed E-state index contributed by atoms with van der Waals surface area (Å²) >= 11 is 2.86. The second-order valence-corrected chi connectivity index (χ2v) is 9.11. The molecule has 5 aromatic rings. The number of nitrogen functional groups attached to an aromatic ring is 1. The average Bonchev–Trinajstić information content (AvgIpc) is 3.63. The van der Waals surface area contributed by atoms with Crippen LogP contribution in [0.4, 0.5) is 16.6 Å². The Morgan fingerprint density at radius 2 is 1.66 bits per heavy atom. The van der Waals surface area contributed by atoms with Crippen LogP contribution >= 0.6 is 22.7 Å². The van der Waals surface area contributed by atoms with E-state index >= 15 is 0 Å². The predicted octanol–water partition coefficient (Wildman–Crippen LogP) is 5.94. The molecular weight excluding hydrogens is 486 g/mol. The van der Waals surface area contributed by atoms with Crippen LogP contribution in [0.25, 0.3) is 32.6 Å². The van der Waals surface area contributed by atoms with E-state index in [2.05, 4.69) is 15.5 Å². The third-order valence-electron chi connectivity index (χ3n) is 5.10. The molecule has 0 fully saturated rings. The van der Waals surface area contributed by atoms with Gasteiger partial charge in [0.25, 0.3) is 0 Å². The van der Waals surface area contributed by atoms with Crippen molar-refractivity contribution in [3.8, 4) is 49.8 Å². The molecule has 3 aromatic heterocycles. The number of aromatic nitrogens is 3. The van der Waals surface area contributed by atoms with E-state index in [0.717, 1.165) is 26.8 Å². The van der Waals surface area contributed by atoms with Crippen molar-refractivity contribution in [1.82, 2.24) is 15.1 Å². The van der Waals surface area contributed by atoms with Crippen molar-refractivity contribution >= 4 is 39.3 Å². The lowest BCUT2D eigenvalue weighted by molar-refractivity contribution is 0.324. The van der Waals surface area contributed by atoms with Crippen LogP contribution in [0.3, 0.4) is 0 Å². The number of rotatable bonds is 8. The number of hydrogen-bond acceptors (Lipinski definition) is 11. The van der Waals surface area contributed by atoms with Gasteiger partial charge >= 0.3 is 0 Å². The van der Waals surface area contributed by atoms with Gasteiger partial charge in [0.2, 0.25) is 5.75 Å². The number of nitrogens with two attached hydrogens (primary N) is 1. The Morgan fingerprint density at radius 1 is 0.914 bits per heavy atom. The number of anilines is 3. The second-order valence-electron chi connectivity index (χ2n) is 7.25. The summed E-state index contributed by atoms with van der Waals surface area (Å²) in [5.41, 5.74) is 9.37. The van der Waals surface area contributed by atoms with Crippen molar-refractivity contribution in [1.29, 1.82) is 0 Å². The van der Waals surface area contributed by atoms with Gasteiger partial charge in [0.05, 0.1) is 21.3 Å². The molecule has 0 aliphatic heterocycles. The summed E-state index contributed by atoms with van der Waals surface area (Å²) < 4.78 is 21.8. The summed E-state index contributed by atoms with van der Waals surface area (Å²) in [5.74, 6) is 2.55. The van der Waals surface area contributed by atoms with Crippen molar-refractivity contribution in [3.63, 3.8) is 0 Å². The zero-order valence-electron chi connectivity index (χ0n) is 19.1. The maximum atomic E-state index is 6.23. The Balaban J connectivity index is 1.39. The molecule has 0 atom stereocenters. The minimum atomic E-state index is 0.383. The van der Waals surface area contributed by atoms with Crippen molar-refractivity contribution in [2.45, 2.75) is 0 Å². The number of nitrogens with zero attached hydrogens (tertiary/aromatic N) is 3. The first kappa shape index (κ1) is 22.7. The van der Waals surface area contributed by atoms with Crippen LogP contribution < -0.4 is 25.3 Å². The van der Waals surface area contributed by atoms with Crippen LogP contribution in [0, 0.1) is 0 Å². The molecule has 9 nitrogen and oxygen atoms in total. The average molecular weight is 508 g/mol. The molecule has 0 amide bonds. The van der Waals surface area contributed by atoms with E-state index in [0.29, 0.717) is 39.7 Å². The number of benzene rings is 2. The van der Waals surface area contributed by atoms with Crippen molar-refractivity contribution in [2.75, 3.05) is 32.4 Å². The lowest BCUT2D eigenvalue weighted by Gasteiger charge is -2.14. The van der Waals surface area contributed by atoms with Crippen LogP contribution in [0.2, 0.25) is 0 Å². The number of ether oxygens (including phenoxy) is 3. The summed E-state index contributed by atoms with van der Waals surface area (Å²) in [4.78, 5) is 9.94. The summed E-state index contributed by atoms with van der Waals surface area (Å²) in [6.07, 6.45) is 0. The molecule has 3 N–H and O–H groups in total. The first-order valence-electron chi connectivity index (χ1n) is 10.4. The Morgan fingerprint density at radius 3 is 2.34 bits per heavy atom. The Hall–Kier alpha value is -4.09. The first-order valence-corrected chi connectivity index (χ1v) is 12.1. The van der Waals surface area contributed by atoms with Crippen LogP contribution in [0.5, 0.6) is 17.2 Å². The molecule has 178 valence electrons. The molecule has 35 heavy (non-hydrogen) atoms. The van der Waals surface area contributed by atoms with Crippen molar-refractivity contribution < 1.29 is 18.7 Å². The second kappa shape index (κ2) is 9.65. The topological polar surface area (TPSA) is 118 Å². The normalized spacial score (nSPS) is 10.8. The van der Waals surface area contributed by atoms with Crippen molar-refractivity contribution in [2.24, 2.45) is 0 Å². The highest BCUT2D eigenvalue weighted by molar-refractivity contribution is 7.23. The summed E-state index contributed by atoms with van der Waals surface area (Å²) in [6, 6.07) is 15.3. The van der Waals surface area contributed by atoms with Gasteiger partial charge in [-0.3, -0.25) is 0 Å². The van der Waals surface area contributed by atoms with E-state index in [1.54, 1.807) is 33.5 Å². The molecule has 0 saturated carbocycles. The molecule has 11 heteroatoms. The summed E-state index contributed by atoms with van der Waals surface area (Å²) in [7, 11) is 4.70. The standard InChI is InChI=1S/C24H21N5O4S2/c1-30-18-9-14(10-19(31-2)20(18)32-3)26-24-28-22(25)21(35-24)23-27-16(12-34-23)17-11-15(29-33-17)13-7-5-4-6-8-13/h4-12H,25H2,1-3H3,(H,26,28). The first-order chi connectivity index (χ1) is 17.1. The number of thiazole rings is 2. The maximum Gasteiger partial charge on any atom is 0.203 e. The molecule has 0 aliphatic carbocycles. The third-order valence-corrected chi connectivity index (χ3v) is 7.08. The van der Waals surface area contributed by atoms with Gasteiger partial charge in [0.15, 0.2) is 22.4 Å². The van der Waals surface area contributed by atoms with Gasteiger partial charge in [-0.15, -0.1) is 11.3 Å². The Bertz CT molecular complexity index is 1440.